The molecule has 0 fully saturated rings. The maximum atomic E-state index is 9.20. The van der Waals surface area contributed by atoms with Crippen LogP contribution in [0.15, 0.2) is 54.6 Å². The fourth-order valence-electron chi connectivity index (χ4n) is 2.58. The van der Waals surface area contributed by atoms with E-state index < -0.39 is 0 Å². The van der Waals surface area contributed by atoms with Crippen LogP contribution in [-0.4, -0.2) is 0 Å². The fraction of sp³-hybridized carbons (Fsp3) is 0.105. The number of nitriles is 1. The minimum absolute atomic E-state index is 0.665. The molecule has 0 saturated carbocycles. The van der Waals surface area contributed by atoms with E-state index in [1.807, 2.05) is 42.5 Å². The molecule has 0 unspecified atom stereocenters. The van der Waals surface area contributed by atoms with Crippen LogP contribution in [0.1, 0.15) is 16.7 Å². The third kappa shape index (κ3) is 2.59. The first kappa shape index (κ1) is 13.2. The van der Waals surface area contributed by atoms with Gasteiger partial charge in [-0.1, -0.05) is 30.3 Å². The van der Waals surface area contributed by atoms with Crippen molar-refractivity contribution in [1.82, 2.24) is 0 Å². The van der Waals surface area contributed by atoms with Gasteiger partial charge in [0, 0.05) is 10.8 Å². The van der Waals surface area contributed by atoms with Crippen LogP contribution in [0, 0.1) is 25.2 Å². The van der Waals surface area contributed by atoms with Crippen LogP contribution in [-0.2, 0) is 0 Å². The van der Waals surface area contributed by atoms with Gasteiger partial charge < -0.3 is 4.74 Å². The van der Waals surface area contributed by atoms with Crippen molar-refractivity contribution in [3.8, 4) is 17.6 Å². The maximum absolute atomic E-state index is 9.20. The summed E-state index contributed by atoms with van der Waals surface area (Å²) in [5, 5.41) is 11.1. The molecule has 0 N–H and O–H groups in total. The van der Waals surface area contributed by atoms with E-state index in [-0.39, 0.29) is 0 Å². The molecule has 0 saturated heterocycles. The van der Waals surface area contributed by atoms with Crippen molar-refractivity contribution in [3.05, 3.63) is 71.3 Å². The highest BCUT2D eigenvalue weighted by molar-refractivity contribution is 5.92. The second-order valence-electron chi connectivity index (χ2n) is 5.19. The van der Waals surface area contributed by atoms with Crippen molar-refractivity contribution in [2.24, 2.45) is 0 Å². The predicted octanol–water partition coefficient (Wildman–Crippen LogP) is 5.12. The van der Waals surface area contributed by atoms with Gasteiger partial charge in [0.15, 0.2) is 0 Å². The highest BCUT2D eigenvalue weighted by Gasteiger charge is 2.07. The van der Waals surface area contributed by atoms with Crippen LogP contribution < -0.4 is 4.74 Å². The molecule has 3 aromatic carbocycles. The Morgan fingerprint density at radius 2 is 1.52 bits per heavy atom. The van der Waals surface area contributed by atoms with Gasteiger partial charge in [-0.3, -0.25) is 0 Å². The van der Waals surface area contributed by atoms with Gasteiger partial charge in [0.25, 0.3) is 0 Å². The summed E-state index contributed by atoms with van der Waals surface area (Å²) in [6, 6.07) is 19.8. The van der Waals surface area contributed by atoms with Gasteiger partial charge in [0.1, 0.15) is 11.5 Å². The summed E-state index contributed by atoms with van der Waals surface area (Å²) < 4.78 is 6.04. The molecule has 0 aliphatic heterocycles. The van der Waals surface area contributed by atoms with Gasteiger partial charge in [-0.05, 0) is 49.2 Å². The Kier molecular flexibility index (Phi) is 3.33. The monoisotopic (exact) mass is 273 g/mol. The summed E-state index contributed by atoms with van der Waals surface area (Å²) in [6.07, 6.45) is 0. The number of hydrogen-bond donors (Lipinski definition) is 0. The third-order valence-electron chi connectivity index (χ3n) is 3.43. The van der Waals surface area contributed by atoms with Crippen molar-refractivity contribution >= 4 is 10.8 Å². The lowest BCUT2D eigenvalue weighted by Crippen LogP contribution is -1.89. The zero-order chi connectivity index (χ0) is 14.8. The second kappa shape index (κ2) is 5.30. The van der Waals surface area contributed by atoms with Crippen LogP contribution >= 0.6 is 0 Å². The molecule has 2 nitrogen and oxygen atoms in total. The number of fused-ring (bicyclic) bond motifs is 1. The normalized spacial score (nSPS) is 10.3. The van der Waals surface area contributed by atoms with Crippen molar-refractivity contribution in [3.63, 3.8) is 0 Å². The van der Waals surface area contributed by atoms with E-state index in [4.69, 9.17) is 4.74 Å². The number of nitrogens with zero attached hydrogens (tertiary/aromatic N) is 1. The maximum Gasteiger partial charge on any atom is 0.135 e. The van der Waals surface area contributed by atoms with Crippen LogP contribution in [0.25, 0.3) is 10.8 Å². The third-order valence-corrected chi connectivity index (χ3v) is 3.43. The van der Waals surface area contributed by atoms with Crippen LogP contribution in [0.3, 0.4) is 0 Å². The lowest BCUT2D eigenvalue weighted by Gasteiger charge is -2.11. The summed E-state index contributed by atoms with van der Waals surface area (Å²) in [5.74, 6) is 1.59. The molecule has 0 spiro atoms. The van der Waals surface area contributed by atoms with Gasteiger partial charge in [-0.15, -0.1) is 0 Å². The highest BCUT2D eigenvalue weighted by atomic mass is 16.5. The molecule has 21 heavy (non-hydrogen) atoms. The minimum Gasteiger partial charge on any atom is -0.457 e. The highest BCUT2D eigenvalue weighted by Crippen LogP contribution is 2.32. The standard InChI is InChI=1S/C19H15NO/c1-13-9-14(2)11-16(10-13)21-19-8-7-15(12-20)17-5-3-4-6-18(17)19/h3-11H,1-2H3. The van der Waals surface area contributed by atoms with Crippen LogP contribution in [0.5, 0.6) is 11.5 Å². The number of ether oxygens (including phenoxy) is 1. The van der Waals surface area contributed by atoms with E-state index >= 15 is 0 Å². The summed E-state index contributed by atoms with van der Waals surface area (Å²) in [6.45, 7) is 4.10. The van der Waals surface area contributed by atoms with E-state index in [9.17, 15) is 5.26 Å². The summed E-state index contributed by atoms with van der Waals surface area (Å²) >= 11 is 0. The van der Waals surface area contributed by atoms with Crippen molar-refractivity contribution in [2.75, 3.05) is 0 Å². The first-order valence-corrected chi connectivity index (χ1v) is 6.85. The SMILES string of the molecule is Cc1cc(C)cc(Oc2ccc(C#N)c3ccccc23)c1. The van der Waals surface area contributed by atoms with Gasteiger partial charge in [0.05, 0.1) is 11.6 Å². The number of rotatable bonds is 2. The summed E-state index contributed by atoms with van der Waals surface area (Å²) in [5.41, 5.74) is 3.00. The van der Waals surface area contributed by atoms with Gasteiger partial charge >= 0.3 is 0 Å². The first-order valence-electron chi connectivity index (χ1n) is 6.85. The van der Waals surface area contributed by atoms with Crippen LogP contribution in [0.4, 0.5) is 0 Å². The smallest absolute Gasteiger partial charge is 0.135 e. The Labute approximate surface area is 124 Å². The molecule has 0 aromatic heterocycles. The van der Waals surface area contributed by atoms with Crippen LogP contribution in [0.2, 0.25) is 0 Å². The summed E-state index contributed by atoms with van der Waals surface area (Å²) in [7, 11) is 0. The zero-order valence-corrected chi connectivity index (χ0v) is 12.1. The molecule has 2 heteroatoms. The second-order valence-corrected chi connectivity index (χ2v) is 5.19. The number of benzene rings is 3. The minimum atomic E-state index is 0.665. The van der Waals surface area contributed by atoms with Gasteiger partial charge in [-0.2, -0.15) is 5.26 Å². The Bertz CT molecular complexity index is 839. The van der Waals surface area contributed by atoms with Crippen molar-refractivity contribution in [1.29, 1.82) is 5.26 Å². The topological polar surface area (TPSA) is 33.0 Å². The molecule has 0 bridgehead atoms. The van der Waals surface area contributed by atoms with E-state index in [0.29, 0.717) is 5.56 Å². The first-order chi connectivity index (χ1) is 10.2. The molecule has 0 heterocycles. The number of hydrogen-bond acceptors (Lipinski definition) is 2. The Morgan fingerprint density at radius 3 is 2.19 bits per heavy atom. The Balaban J connectivity index is 2.11. The van der Waals surface area contributed by atoms with Crippen molar-refractivity contribution in [2.45, 2.75) is 13.8 Å². The molecular weight excluding hydrogens is 258 g/mol. The molecule has 102 valence electrons. The van der Waals surface area contributed by atoms with Gasteiger partial charge in [-0.25, -0.2) is 0 Å². The zero-order valence-electron chi connectivity index (χ0n) is 12.1. The molecule has 0 amide bonds. The molecule has 0 aliphatic carbocycles. The fourth-order valence-corrected chi connectivity index (χ4v) is 2.58. The molecular formula is C19H15NO. The number of aryl methyl sites for hydroxylation is 2. The van der Waals surface area contributed by atoms with E-state index in [1.165, 1.54) is 11.1 Å². The Morgan fingerprint density at radius 1 is 0.857 bits per heavy atom. The van der Waals surface area contributed by atoms with Gasteiger partial charge in [0.2, 0.25) is 0 Å². The molecule has 0 radical (unpaired) electrons. The average Bonchev–Trinajstić information content (AvgIpc) is 2.46. The largest absolute Gasteiger partial charge is 0.457 e. The van der Waals surface area contributed by atoms with E-state index in [1.54, 1.807) is 6.07 Å². The lowest BCUT2D eigenvalue weighted by atomic mass is 10.0. The van der Waals surface area contributed by atoms with Crippen molar-refractivity contribution < 1.29 is 4.74 Å². The lowest BCUT2D eigenvalue weighted by molar-refractivity contribution is 0.487. The quantitative estimate of drug-likeness (QED) is 0.649. The predicted molar refractivity (Wildman–Crippen MR) is 84.7 cm³/mol. The molecule has 0 atom stereocenters. The van der Waals surface area contributed by atoms with E-state index in [2.05, 4.69) is 26.0 Å². The van der Waals surface area contributed by atoms with E-state index in [0.717, 1.165) is 22.3 Å². The summed E-state index contributed by atoms with van der Waals surface area (Å²) in [4.78, 5) is 0. The molecule has 3 rings (SSSR count). The molecule has 0 aliphatic rings. The Hall–Kier alpha value is -2.79. The average molecular weight is 273 g/mol. The molecule has 3 aromatic rings.